The Hall–Kier alpha value is -2.53. The molecule has 0 saturated carbocycles. The number of nitriles is 2. The Bertz CT molecular complexity index is 605. The van der Waals surface area contributed by atoms with Gasteiger partial charge in [0.15, 0.2) is 0 Å². The van der Waals surface area contributed by atoms with Crippen LogP contribution in [0.3, 0.4) is 0 Å². The summed E-state index contributed by atoms with van der Waals surface area (Å²) in [5, 5.41) is 18.0. The summed E-state index contributed by atoms with van der Waals surface area (Å²) in [6.07, 6.45) is 1.50. The maximum absolute atomic E-state index is 11.7. The third kappa shape index (κ3) is 3.32. The first-order chi connectivity index (χ1) is 10.2. The minimum Gasteiger partial charge on any atom is -0.466 e. The Morgan fingerprint density at radius 2 is 1.95 bits per heavy atom. The van der Waals surface area contributed by atoms with Crippen molar-refractivity contribution >= 4 is 11.7 Å². The van der Waals surface area contributed by atoms with Gasteiger partial charge in [-0.05, 0) is 38.0 Å². The van der Waals surface area contributed by atoms with Crippen LogP contribution in [0.1, 0.15) is 30.9 Å². The first-order valence-electron chi connectivity index (χ1n) is 7.05. The molecule has 0 aromatic heterocycles. The minimum absolute atomic E-state index is 0.0324. The minimum atomic E-state index is -0.116. The van der Waals surface area contributed by atoms with Gasteiger partial charge in [0, 0.05) is 18.8 Å². The maximum Gasteiger partial charge on any atom is 0.309 e. The molecule has 0 radical (unpaired) electrons. The molecule has 1 heterocycles. The number of hydrogen-bond acceptors (Lipinski definition) is 5. The molecule has 1 aliphatic rings. The van der Waals surface area contributed by atoms with Gasteiger partial charge in [0.05, 0.1) is 23.7 Å². The van der Waals surface area contributed by atoms with Crippen LogP contribution in [0.5, 0.6) is 0 Å². The van der Waals surface area contributed by atoms with Crippen LogP contribution in [0.2, 0.25) is 0 Å². The second kappa shape index (κ2) is 6.76. The van der Waals surface area contributed by atoms with Crippen molar-refractivity contribution in [2.45, 2.75) is 19.8 Å². The molecule has 5 nitrogen and oxygen atoms in total. The summed E-state index contributed by atoms with van der Waals surface area (Å²) >= 11 is 0. The number of esters is 1. The predicted octanol–water partition coefficient (Wildman–Crippen LogP) is 2.21. The van der Waals surface area contributed by atoms with Crippen LogP contribution in [-0.2, 0) is 9.53 Å². The molecule has 1 aromatic rings. The topological polar surface area (TPSA) is 77.1 Å². The Morgan fingerprint density at radius 1 is 1.29 bits per heavy atom. The van der Waals surface area contributed by atoms with E-state index >= 15 is 0 Å². The molecular formula is C16H17N3O2. The Morgan fingerprint density at radius 3 is 2.52 bits per heavy atom. The van der Waals surface area contributed by atoms with E-state index in [1.807, 2.05) is 25.1 Å². The van der Waals surface area contributed by atoms with Gasteiger partial charge in [0.2, 0.25) is 0 Å². The monoisotopic (exact) mass is 283 g/mol. The van der Waals surface area contributed by atoms with Crippen molar-refractivity contribution < 1.29 is 9.53 Å². The number of nitrogens with zero attached hydrogens (tertiary/aromatic N) is 3. The first kappa shape index (κ1) is 14.9. The highest BCUT2D eigenvalue weighted by Crippen LogP contribution is 2.25. The molecule has 0 N–H and O–H groups in total. The summed E-state index contributed by atoms with van der Waals surface area (Å²) in [6.45, 7) is 3.73. The lowest BCUT2D eigenvalue weighted by molar-refractivity contribution is -0.148. The molecule has 1 saturated heterocycles. The van der Waals surface area contributed by atoms with E-state index in [0.717, 1.165) is 31.6 Å². The lowest BCUT2D eigenvalue weighted by Crippen LogP contribution is -2.37. The highest BCUT2D eigenvalue weighted by Gasteiger charge is 2.26. The smallest absolute Gasteiger partial charge is 0.309 e. The van der Waals surface area contributed by atoms with E-state index in [2.05, 4.69) is 4.90 Å². The van der Waals surface area contributed by atoms with Crippen molar-refractivity contribution in [2.24, 2.45) is 5.92 Å². The van der Waals surface area contributed by atoms with Gasteiger partial charge in [-0.15, -0.1) is 0 Å². The molecule has 21 heavy (non-hydrogen) atoms. The van der Waals surface area contributed by atoms with Crippen molar-refractivity contribution in [1.29, 1.82) is 10.5 Å². The second-order valence-corrected chi connectivity index (χ2v) is 4.97. The zero-order valence-electron chi connectivity index (χ0n) is 12.0. The fourth-order valence-electron chi connectivity index (χ4n) is 2.55. The third-order valence-corrected chi connectivity index (χ3v) is 3.72. The van der Waals surface area contributed by atoms with E-state index in [1.54, 1.807) is 12.1 Å². The van der Waals surface area contributed by atoms with Gasteiger partial charge in [0.25, 0.3) is 0 Å². The highest BCUT2D eigenvalue weighted by atomic mass is 16.5. The van der Waals surface area contributed by atoms with Crippen molar-refractivity contribution in [2.75, 3.05) is 24.6 Å². The third-order valence-electron chi connectivity index (χ3n) is 3.72. The second-order valence-electron chi connectivity index (χ2n) is 4.97. The van der Waals surface area contributed by atoms with Gasteiger partial charge in [0.1, 0.15) is 12.1 Å². The van der Waals surface area contributed by atoms with Crippen molar-refractivity contribution in [1.82, 2.24) is 0 Å². The first-order valence-corrected chi connectivity index (χ1v) is 7.05. The lowest BCUT2D eigenvalue weighted by atomic mass is 9.96. The highest BCUT2D eigenvalue weighted by molar-refractivity contribution is 5.73. The van der Waals surface area contributed by atoms with Crippen LogP contribution >= 0.6 is 0 Å². The summed E-state index contributed by atoms with van der Waals surface area (Å²) in [7, 11) is 0. The Balaban J connectivity index is 2.05. The average Bonchev–Trinajstić information content (AvgIpc) is 2.54. The molecule has 1 aliphatic heterocycles. The van der Waals surface area contributed by atoms with Gasteiger partial charge < -0.3 is 9.64 Å². The van der Waals surface area contributed by atoms with Gasteiger partial charge in [-0.2, -0.15) is 10.5 Å². The van der Waals surface area contributed by atoms with Gasteiger partial charge in [-0.25, -0.2) is 0 Å². The number of ether oxygens (including phenoxy) is 1. The van der Waals surface area contributed by atoms with E-state index < -0.39 is 0 Å². The van der Waals surface area contributed by atoms with E-state index in [9.17, 15) is 4.79 Å². The molecule has 5 heteroatoms. The number of carbonyl (C=O) groups is 1. The van der Waals surface area contributed by atoms with Crippen LogP contribution < -0.4 is 4.90 Å². The van der Waals surface area contributed by atoms with Gasteiger partial charge >= 0.3 is 5.97 Å². The number of carbonyl (C=O) groups excluding carboxylic acids is 1. The van der Waals surface area contributed by atoms with E-state index in [0.29, 0.717) is 17.7 Å². The molecule has 1 aromatic carbocycles. The van der Waals surface area contributed by atoms with Crippen molar-refractivity contribution in [3.05, 3.63) is 29.3 Å². The average molecular weight is 283 g/mol. The SMILES string of the molecule is CCOC(=O)C1CCN(c2ccc(C#N)c(C#N)c2)CC1. The summed E-state index contributed by atoms with van der Waals surface area (Å²) in [5.74, 6) is -0.148. The van der Waals surface area contributed by atoms with Crippen molar-refractivity contribution in [3.8, 4) is 12.1 Å². The number of piperidine rings is 1. The van der Waals surface area contributed by atoms with Crippen molar-refractivity contribution in [3.63, 3.8) is 0 Å². The van der Waals surface area contributed by atoms with E-state index in [4.69, 9.17) is 15.3 Å². The largest absolute Gasteiger partial charge is 0.466 e. The van der Waals surface area contributed by atoms with Gasteiger partial charge in [-0.1, -0.05) is 0 Å². The van der Waals surface area contributed by atoms with E-state index in [-0.39, 0.29) is 11.9 Å². The zero-order chi connectivity index (χ0) is 15.2. The Kier molecular flexibility index (Phi) is 4.79. The molecule has 108 valence electrons. The maximum atomic E-state index is 11.7. The Labute approximate surface area is 124 Å². The standard InChI is InChI=1S/C16H17N3O2/c1-2-21-16(20)12-5-7-19(8-6-12)15-4-3-13(10-17)14(9-15)11-18/h3-4,9,12H,2,5-8H2,1H3. The quantitative estimate of drug-likeness (QED) is 0.795. The van der Waals surface area contributed by atoms with E-state index in [1.165, 1.54) is 0 Å². The number of benzene rings is 1. The zero-order valence-corrected chi connectivity index (χ0v) is 12.0. The number of hydrogen-bond donors (Lipinski definition) is 0. The molecule has 0 atom stereocenters. The van der Waals surface area contributed by atoms with Crippen LogP contribution in [0, 0.1) is 28.6 Å². The molecule has 0 spiro atoms. The molecule has 2 rings (SSSR count). The molecule has 1 fully saturated rings. The fourth-order valence-corrected chi connectivity index (χ4v) is 2.55. The van der Waals surface area contributed by atoms with Crippen LogP contribution in [-0.4, -0.2) is 25.7 Å². The predicted molar refractivity (Wildman–Crippen MR) is 77.4 cm³/mol. The van der Waals surface area contributed by atoms with Crippen LogP contribution in [0.25, 0.3) is 0 Å². The summed E-state index contributed by atoms with van der Waals surface area (Å²) < 4.78 is 5.05. The molecule has 0 unspecified atom stereocenters. The fraction of sp³-hybridized carbons (Fsp3) is 0.438. The molecule has 0 aliphatic carbocycles. The summed E-state index contributed by atoms with van der Waals surface area (Å²) in [5.41, 5.74) is 1.71. The molecular weight excluding hydrogens is 266 g/mol. The van der Waals surface area contributed by atoms with Gasteiger partial charge in [-0.3, -0.25) is 4.79 Å². The number of anilines is 1. The molecule has 0 amide bonds. The van der Waals surface area contributed by atoms with Crippen LogP contribution in [0.4, 0.5) is 5.69 Å². The summed E-state index contributed by atoms with van der Waals surface area (Å²) in [6, 6.07) is 9.32. The normalized spacial score (nSPS) is 15.1. The van der Waals surface area contributed by atoms with Crippen LogP contribution in [0.15, 0.2) is 18.2 Å². The summed E-state index contributed by atoms with van der Waals surface area (Å²) in [4.78, 5) is 13.8. The number of rotatable bonds is 3. The molecule has 0 bridgehead atoms. The lowest BCUT2D eigenvalue weighted by Gasteiger charge is -2.32.